The molecule has 0 aromatic heterocycles. The van der Waals surface area contributed by atoms with Crippen molar-refractivity contribution in [3.63, 3.8) is 0 Å². The highest BCUT2D eigenvalue weighted by atomic mass is 127. The molecule has 98 valence electrons. The predicted octanol–water partition coefficient (Wildman–Crippen LogP) is 4.50. The average molecular weight is 364 g/mol. The van der Waals surface area contributed by atoms with Gasteiger partial charge in [0.15, 0.2) is 0 Å². The van der Waals surface area contributed by atoms with Gasteiger partial charge in [-0.3, -0.25) is 0 Å². The van der Waals surface area contributed by atoms with Crippen LogP contribution in [0.1, 0.15) is 24.0 Å². The van der Waals surface area contributed by atoms with Gasteiger partial charge in [-0.05, 0) is 83.7 Å². The van der Waals surface area contributed by atoms with Crippen LogP contribution in [0, 0.1) is 3.57 Å². The van der Waals surface area contributed by atoms with Gasteiger partial charge in [-0.1, -0.05) is 12.1 Å². The Hall–Kier alpha value is -1.23. The Bertz CT molecular complexity index is 608. The molecule has 0 saturated carbocycles. The first-order valence-corrected chi connectivity index (χ1v) is 7.75. The van der Waals surface area contributed by atoms with E-state index in [2.05, 4.69) is 58.2 Å². The van der Waals surface area contributed by atoms with Crippen molar-refractivity contribution in [1.29, 1.82) is 0 Å². The van der Waals surface area contributed by atoms with Crippen molar-refractivity contribution in [2.45, 2.75) is 25.7 Å². The van der Waals surface area contributed by atoms with Crippen LogP contribution in [0.15, 0.2) is 36.4 Å². The Morgan fingerprint density at radius 2 is 1.84 bits per heavy atom. The second-order valence-corrected chi connectivity index (χ2v) is 6.25. The predicted molar refractivity (Wildman–Crippen MR) is 89.9 cm³/mol. The molecule has 2 aromatic rings. The number of nitrogen functional groups attached to an aromatic ring is 1. The van der Waals surface area contributed by atoms with Crippen LogP contribution in [0.4, 0.5) is 17.1 Å². The number of benzene rings is 2. The minimum absolute atomic E-state index is 0.806. The van der Waals surface area contributed by atoms with Crippen molar-refractivity contribution in [1.82, 2.24) is 0 Å². The lowest BCUT2D eigenvalue weighted by molar-refractivity contribution is 0.687. The van der Waals surface area contributed by atoms with E-state index in [1.807, 2.05) is 6.07 Å². The number of nitrogens with one attached hydrogen (secondary N) is 1. The number of aryl methyl sites for hydroxylation is 1. The zero-order chi connectivity index (χ0) is 13.2. The van der Waals surface area contributed by atoms with Crippen LogP contribution in [0.3, 0.4) is 0 Å². The highest BCUT2D eigenvalue weighted by Crippen LogP contribution is 2.32. The Balaban J connectivity index is 1.95. The van der Waals surface area contributed by atoms with Crippen LogP contribution >= 0.6 is 22.6 Å². The highest BCUT2D eigenvalue weighted by molar-refractivity contribution is 14.1. The minimum Gasteiger partial charge on any atom is -0.397 e. The molecule has 0 unspecified atom stereocenters. The third-order valence-electron chi connectivity index (χ3n) is 3.68. The van der Waals surface area contributed by atoms with Gasteiger partial charge >= 0.3 is 0 Å². The van der Waals surface area contributed by atoms with Crippen LogP contribution in [0.2, 0.25) is 0 Å². The van der Waals surface area contributed by atoms with E-state index in [-0.39, 0.29) is 0 Å². The molecule has 0 aliphatic heterocycles. The second kappa shape index (κ2) is 5.41. The maximum absolute atomic E-state index is 6.08. The van der Waals surface area contributed by atoms with Gasteiger partial charge in [0.05, 0.1) is 11.4 Å². The molecule has 0 spiro atoms. The van der Waals surface area contributed by atoms with Gasteiger partial charge in [0.2, 0.25) is 0 Å². The zero-order valence-electron chi connectivity index (χ0n) is 10.7. The Kier molecular flexibility index (Phi) is 3.64. The number of hydrogen-bond acceptors (Lipinski definition) is 2. The molecule has 3 N–H and O–H groups in total. The lowest BCUT2D eigenvalue weighted by atomic mass is 9.90. The van der Waals surface area contributed by atoms with Crippen molar-refractivity contribution in [3.05, 3.63) is 51.1 Å². The summed E-state index contributed by atoms with van der Waals surface area (Å²) in [5.74, 6) is 0. The fourth-order valence-corrected chi connectivity index (χ4v) is 3.21. The summed E-state index contributed by atoms with van der Waals surface area (Å²) in [4.78, 5) is 0. The summed E-state index contributed by atoms with van der Waals surface area (Å²) in [6, 6.07) is 12.7. The molecule has 0 heterocycles. The molecular formula is C16H17IN2. The molecule has 0 bridgehead atoms. The first-order chi connectivity index (χ1) is 9.24. The van der Waals surface area contributed by atoms with Crippen molar-refractivity contribution in [3.8, 4) is 0 Å². The zero-order valence-corrected chi connectivity index (χ0v) is 12.9. The summed E-state index contributed by atoms with van der Waals surface area (Å²) in [5, 5.41) is 3.50. The standard InChI is InChI=1S/C16H17IN2/c17-12-8-9-16(14(18)10-12)19-15-7-3-5-11-4-1-2-6-13(11)15/h3,5,7-10,19H,1-2,4,6,18H2. The number of nitrogens with two attached hydrogens (primary N) is 1. The summed E-state index contributed by atoms with van der Waals surface area (Å²) in [6.45, 7) is 0. The normalized spacial score (nSPS) is 13.9. The van der Waals surface area contributed by atoms with Crippen molar-refractivity contribution < 1.29 is 0 Å². The van der Waals surface area contributed by atoms with E-state index in [1.165, 1.54) is 42.5 Å². The van der Waals surface area contributed by atoms with Gasteiger partial charge in [-0.15, -0.1) is 0 Å². The van der Waals surface area contributed by atoms with Crippen LogP contribution in [0.5, 0.6) is 0 Å². The van der Waals surface area contributed by atoms with E-state index in [0.29, 0.717) is 0 Å². The van der Waals surface area contributed by atoms with E-state index in [4.69, 9.17) is 5.73 Å². The van der Waals surface area contributed by atoms with Crippen LogP contribution in [-0.2, 0) is 12.8 Å². The maximum Gasteiger partial charge on any atom is 0.0618 e. The summed E-state index contributed by atoms with van der Waals surface area (Å²) < 4.78 is 1.16. The number of hydrogen-bond donors (Lipinski definition) is 2. The molecule has 3 heteroatoms. The third-order valence-corrected chi connectivity index (χ3v) is 4.35. The Morgan fingerprint density at radius 1 is 1.00 bits per heavy atom. The summed E-state index contributed by atoms with van der Waals surface area (Å²) in [6.07, 6.45) is 4.96. The topological polar surface area (TPSA) is 38.0 Å². The van der Waals surface area contributed by atoms with Crippen molar-refractivity contribution >= 4 is 39.7 Å². The van der Waals surface area contributed by atoms with Gasteiger partial charge in [0.1, 0.15) is 0 Å². The molecule has 0 radical (unpaired) electrons. The SMILES string of the molecule is Nc1cc(I)ccc1Nc1cccc2c1CCCC2. The quantitative estimate of drug-likeness (QED) is 0.609. The molecule has 0 atom stereocenters. The maximum atomic E-state index is 6.08. The highest BCUT2D eigenvalue weighted by Gasteiger charge is 2.13. The molecule has 3 rings (SSSR count). The van der Waals surface area contributed by atoms with E-state index in [1.54, 1.807) is 0 Å². The number of anilines is 3. The number of halogens is 1. The molecule has 0 amide bonds. The lowest BCUT2D eigenvalue weighted by Gasteiger charge is -2.20. The van der Waals surface area contributed by atoms with E-state index in [9.17, 15) is 0 Å². The van der Waals surface area contributed by atoms with Crippen LogP contribution in [-0.4, -0.2) is 0 Å². The van der Waals surface area contributed by atoms with Gasteiger partial charge in [-0.2, -0.15) is 0 Å². The van der Waals surface area contributed by atoms with E-state index >= 15 is 0 Å². The molecule has 1 aliphatic rings. The molecule has 19 heavy (non-hydrogen) atoms. The first kappa shape index (κ1) is 12.8. The van der Waals surface area contributed by atoms with Crippen molar-refractivity contribution in [2.75, 3.05) is 11.1 Å². The summed E-state index contributed by atoms with van der Waals surface area (Å²) in [7, 11) is 0. The number of rotatable bonds is 2. The van der Waals surface area contributed by atoms with Gasteiger partial charge in [-0.25, -0.2) is 0 Å². The molecule has 0 fully saturated rings. The fourth-order valence-electron chi connectivity index (χ4n) is 2.69. The minimum atomic E-state index is 0.806. The Labute approximate surface area is 127 Å². The van der Waals surface area contributed by atoms with Gasteiger partial charge < -0.3 is 11.1 Å². The average Bonchev–Trinajstić information content (AvgIpc) is 2.42. The molecule has 0 saturated heterocycles. The van der Waals surface area contributed by atoms with Crippen LogP contribution in [0.25, 0.3) is 0 Å². The van der Waals surface area contributed by atoms with Crippen molar-refractivity contribution in [2.24, 2.45) is 0 Å². The molecule has 2 aromatic carbocycles. The molecular weight excluding hydrogens is 347 g/mol. The monoisotopic (exact) mass is 364 g/mol. The first-order valence-electron chi connectivity index (χ1n) is 6.67. The molecule has 2 nitrogen and oxygen atoms in total. The molecule has 1 aliphatic carbocycles. The fraction of sp³-hybridized carbons (Fsp3) is 0.250. The van der Waals surface area contributed by atoms with Gasteiger partial charge in [0.25, 0.3) is 0 Å². The smallest absolute Gasteiger partial charge is 0.0618 e. The van der Waals surface area contributed by atoms with Crippen LogP contribution < -0.4 is 11.1 Å². The third kappa shape index (κ3) is 2.71. The Morgan fingerprint density at radius 3 is 2.68 bits per heavy atom. The largest absolute Gasteiger partial charge is 0.397 e. The van der Waals surface area contributed by atoms with E-state index < -0.39 is 0 Å². The van der Waals surface area contributed by atoms with Gasteiger partial charge in [0, 0.05) is 9.26 Å². The number of fused-ring (bicyclic) bond motifs is 1. The van der Waals surface area contributed by atoms with E-state index in [0.717, 1.165) is 14.9 Å². The summed E-state index contributed by atoms with van der Waals surface area (Å²) >= 11 is 2.28. The lowest BCUT2D eigenvalue weighted by Crippen LogP contribution is -2.06. The summed E-state index contributed by atoms with van der Waals surface area (Å²) in [5.41, 5.74) is 12.0. The second-order valence-electron chi connectivity index (χ2n) is 5.01.